The minimum absolute atomic E-state index is 0.815. The molecule has 4 nitrogen and oxygen atoms in total. The summed E-state index contributed by atoms with van der Waals surface area (Å²) in [6.45, 7) is 6.67. The lowest BCUT2D eigenvalue weighted by Crippen LogP contribution is -2.36. The number of nitrogens with one attached hydrogen (secondary N) is 1. The minimum Gasteiger partial charge on any atom is -0.347 e. The van der Waals surface area contributed by atoms with Crippen molar-refractivity contribution in [3.63, 3.8) is 0 Å². The molecule has 0 radical (unpaired) electrons. The molecule has 1 aliphatic heterocycles. The lowest BCUT2D eigenvalue weighted by Gasteiger charge is -2.28. The van der Waals surface area contributed by atoms with Gasteiger partial charge in [-0.05, 0) is 38.8 Å². The summed E-state index contributed by atoms with van der Waals surface area (Å²) in [6, 6.07) is 0. The maximum atomic E-state index is 4.27. The molecule has 0 aliphatic carbocycles. The predicted octanol–water partition coefficient (Wildman–Crippen LogP) is 1.36. The fourth-order valence-corrected chi connectivity index (χ4v) is 2.63. The second kappa shape index (κ2) is 5.42. The standard InChI is InChI=1S/C10H18N4S/c1-2-14(10-12-8-13-15-10)7-9-3-5-11-6-4-9/h8-9,11H,2-7H2,1H3. The summed E-state index contributed by atoms with van der Waals surface area (Å²) in [5.41, 5.74) is 0. The van der Waals surface area contributed by atoms with Gasteiger partial charge in [0.05, 0.1) is 0 Å². The van der Waals surface area contributed by atoms with Crippen molar-refractivity contribution in [3.05, 3.63) is 6.33 Å². The molecule has 0 spiro atoms. The largest absolute Gasteiger partial charge is 0.347 e. The summed E-state index contributed by atoms with van der Waals surface area (Å²) in [5.74, 6) is 0.815. The van der Waals surface area contributed by atoms with Crippen LogP contribution in [0.5, 0.6) is 0 Å². The Morgan fingerprint density at radius 1 is 1.53 bits per heavy atom. The molecule has 0 bridgehead atoms. The van der Waals surface area contributed by atoms with Gasteiger partial charge in [-0.15, -0.1) is 0 Å². The molecular weight excluding hydrogens is 208 g/mol. The average molecular weight is 226 g/mol. The minimum atomic E-state index is 0.815. The Morgan fingerprint density at radius 2 is 2.33 bits per heavy atom. The fraction of sp³-hybridized carbons (Fsp3) is 0.800. The zero-order valence-corrected chi connectivity index (χ0v) is 9.96. The Labute approximate surface area is 94.9 Å². The lowest BCUT2D eigenvalue weighted by molar-refractivity contribution is 0.374. The maximum Gasteiger partial charge on any atom is 0.204 e. The van der Waals surface area contributed by atoms with E-state index in [1.54, 1.807) is 6.33 Å². The first-order chi connectivity index (χ1) is 7.40. The monoisotopic (exact) mass is 226 g/mol. The summed E-state index contributed by atoms with van der Waals surface area (Å²) in [7, 11) is 0. The Hall–Kier alpha value is -0.680. The Bertz CT molecular complexity index is 269. The molecule has 0 amide bonds. The highest BCUT2D eigenvalue weighted by Crippen LogP contribution is 2.19. The van der Waals surface area contributed by atoms with Gasteiger partial charge in [0.25, 0.3) is 0 Å². The van der Waals surface area contributed by atoms with Crippen molar-refractivity contribution in [2.45, 2.75) is 19.8 Å². The van der Waals surface area contributed by atoms with E-state index in [0.717, 1.165) is 24.1 Å². The Morgan fingerprint density at radius 3 is 2.93 bits per heavy atom. The number of nitrogens with zero attached hydrogens (tertiary/aromatic N) is 3. The van der Waals surface area contributed by atoms with Crippen LogP contribution in [-0.4, -0.2) is 35.5 Å². The first-order valence-electron chi connectivity index (χ1n) is 5.62. The molecule has 2 rings (SSSR count). The third-order valence-electron chi connectivity index (χ3n) is 2.94. The summed E-state index contributed by atoms with van der Waals surface area (Å²) in [6.07, 6.45) is 4.22. The van der Waals surface area contributed by atoms with E-state index in [2.05, 4.69) is 26.5 Å². The highest BCUT2D eigenvalue weighted by molar-refractivity contribution is 7.09. The zero-order valence-electron chi connectivity index (χ0n) is 9.15. The third-order valence-corrected chi connectivity index (χ3v) is 3.67. The fourth-order valence-electron chi connectivity index (χ4n) is 2.03. The van der Waals surface area contributed by atoms with Gasteiger partial charge in [-0.3, -0.25) is 0 Å². The molecule has 15 heavy (non-hydrogen) atoms. The van der Waals surface area contributed by atoms with E-state index in [1.165, 1.54) is 37.5 Å². The Balaban J connectivity index is 1.90. The van der Waals surface area contributed by atoms with Crippen LogP contribution in [0.1, 0.15) is 19.8 Å². The molecule has 0 aromatic carbocycles. The van der Waals surface area contributed by atoms with Gasteiger partial charge in [-0.25, -0.2) is 4.98 Å². The van der Waals surface area contributed by atoms with Gasteiger partial charge in [-0.1, -0.05) is 0 Å². The van der Waals surface area contributed by atoms with E-state index < -0.39 is 0 Å². The van der Waals surface area contributed by atoms with Crippen molar-refractivity contribution in [2.24, 2.45) is 5.92 Å². The molecule has 1 aromatic heterocycles. The van der Waals surface area contributed by atoms with Crippen LogP contribution in [0.2, 0.25) is 0 Å². The predicted molar refractivity (Wildman–Crippen MR) is 63.4 cm³/mol. The van der Waals surface area contributed by atoms with Crippen LogP contribution in [0, 0.1) is 5.92 Å². The maximum absolute atomic E-state index is 4.27. The second-order valence-electron chi connectivity index (χ2n) is 3.96. The van der Waals surface area contributed by atoms with Crippen molar-refractivity contribution in [2.75, 3.05) is 31.1 Å². The van der Waals surface area contributed by atoms with E-state index in [0.29, 0.717) is 0 Å². The van der Waals surface area contributed by atoms with Crippen LogP contribution in [0.3, 0.4) is 0 Å². The van der Waals surface area contributed by atoms with E-state index in [-0.39, 0.29) is 0 Å². The smallest absolute Gasteiger partial charge is 0.204 e. The molecule has 0 saturated carbocycles. The van der Waals surface area contributed by atoms with Gasteiger partial charge >= 0.3 is 0 Å². The number of hydrogen-bond donors (Lipinski definition) is 1. The van der Waals surface area contributed by atoms with Crippen LogP contribution in [-0.2, 0) is 0 Å². The number of anilines is 1. The molecule has 0 atom stereocenters. The molecule has 1 aliphatic rings. The number of hydrogen-bond acceptors (Lipinski definition) is 5. The second-order valence-corrected chi connectivity index (χ2v) is 4.71. The first kappa shape index (κ1) is 10.8. The zero-order chi connectivity index (χ0) is 10.5. The van der Waals surface area contributed by atoms with Crippen molar-refractivity contribution < 1.29 is 0 Å². The van der Waals surface area contributed by atoms with E-state index in [9.17, 15) is 0 Å². The average Bonchev–Trinajstić information content (AvgIpc) is 2.81. The van der Waals surface area contributed by atoms with Gasteiger partial charge in [0.1, 0.15) is 6.33 Å². The van der Waals surface area contributed by atoms with Crippen molar-refractivity contribution in [1.82, 2.24) is 14.7 Å². The first-order valence-corrected chi connectivity index (χ1v) is 6.40. The van der Waals surface area contributed by atoms with Crippen molar-refractivity contribution in [1.29, 1.82) is 0 Å². The van der Waals surface area contributed by atoms with Crippen LogP contribution in [0.15, 0.2) is 6.33 Å². The van der Waals surface area contributed by atoms with Gasteiger partial charge < -0.3 is 10.2 Å². The normalized spacial score (nSPS) is 17.9. The third kappa shape index (κ3) is 2.89. The topological polar surface area (TPSA) is 41.0 Å². The SMILES string of the molecule is CCN(CC1CCNCC1)c1ncns1. The van der Waals surface area contributed by atoms with Gasteiger partial charge in [0.2, 0.25) is 5.13 Å². The number of aromatic nitrogens is 2. The van der Waals surface area contributed by atoms with Crippen LogP contribution in [0.4, 0.5) is 5.13 Å². The van der Waals surface area contributed by atoms with Crippen LogP contribution in [0.25, 0.3) is 0 Å². The van der Waals surface area contributed by atoms with Crippen molar-refractivity contribution >= 4 is 16.7 Å². The molecule has 1 N–H and O–H groups in total. The molecular formula is C10H18N4S. The molecule has 0 unspecified atom stereocenters. The van der Waals surface area contributed by atoms with Gasteiger partial charge in [0.15, 0.2) is 0 Å². The highest BCUT2D eigenvalue weighted by Gasteiger charge is 2.17. The number of piperidine rings is 1. The number of rotatable bonds is 4. The molecule has 1 saturated heterocycles. The van der Waals surface area contributed by atoms with Gasteiger partial charge in [-0.2, -0.15) is 4.37 Å². The molecule has 1 fully saturated rings. The van der Waals surface area contributed by atoms with Crippen LogP contribution < -0.4 is 10.2 Å². The van der Waals surface area contributed by atoms with Gasteiger partial charge in [0, 0.05) is 24.6 Å². The molecule has 2 heterocycles. The Kier molecular flexibility index (Phi) is 3.91. The summed E-state index contributed by atoms with van der Waals surface area (Å²) in [4.78, 5) is 6.61. The molecule has 84 valence electrons. The summed E-state index contributed by atoms with van der Waals surface area (Å²) in [5, 5.41) is 4.46. The van der Waals surface area contributed by atoms with E-state index in [1.807, 2.05) is 0 Å². The quantitative estimate of drug-likeness (QED) is 0.842. The molecule has 1 aromatic rings. The highest BCUT2D eigenvalue weighted by atomic mass is 32.1. The van der Waals surface area contributed by atoms with E-state index in [4.69, 9.17) is 0 Å². The van der Waals surface area contributed by atoms with Crippen molar-refractivity contribution in [3.8, 4) is 0 Å². The summed E-state index contributed by atoms with van der Waals surface area (Å²) >= 11 is 1.49. The lowest BCUT2D eigenvalue weighted by atomic mass is 9.98. The van der Waals surface area contributed by atoms with Crippen LogP contribution >= 0.6 is 11.5 Å². The summed E-state index contributed by atoms with van der Waals surface area (Å²) < 4.78 is 4.06. The van der Waals surface area contributed by atoms with E-state index >= 15 is 0 Å². The molecule has 5 heteroatoms.